The minimum absolute atomic E-state index is 0.385. The molecule has 2 aliphatic rings. The molecule has 2 aromatic rings. The standard InChI is InChI=1S/C23H31N3/c1-25-14-16-26(17-15-25)18-23(20-9-3-2-4-10-20)24-22-13-7-11-19-8-5-6-12-21(19)22/h2-6,8-10,12,22-24H,7,11,13-18H2,1H3/t22-,23-/m1/s1. The molecule has 1 N–H and O–H groups in total. The SMILES string of the molecule is CN1CCN(C[C@@H](N[C@@H]2CCCc3ccccc32)c2ccccc2)CC1. The summed E-state index contributed by atoms with van der Waals surface area (Å²) in [5.74, 6) is 0. The summed E-state index contributed by atoms with van der Waals surface area (Å²) < 4.78 is 0. The Morgan fingerprint density at radius 3 is 2.50 bits per heavy atom. The average molecular weight is 350 g/mol. The summed E-state index contributed by atoms with van der Waals surface area (Å²) >= 11 is 0. The summed E-state index contributed by atoms with van der Waals surface area (Å²) in [5.41, 5.74) is 4.45. The maximum Gasteiger partial charge on any atom is 0.0454 e. The van der Waals surface area contributed by atoms with Crippen LogP contribution in [0.15, 0.2) is 54.6 Å². The highest BCUT2D eigenvalue weighted by atomic mass is 15.3. The van der Waals surface area contributed by atoms with Crippen molar-refractivity contribution < 1.29 is 0 Å². The Morgan fingerprint density at radius 1 is 0.962 bits per heavy atom. The predicted molar refractivity (Wildman–Crippen MR) is 108 cm³/mol. The van der Waals surface area contributed by atoms with Crippen molar-refractivity contribution in [2.75, 3.05) is 39.8 Å². The third-order valence-corrected chi connectivity index (χ3v) is 6.01. The Bertz CT molecular complexity index is 692. The molecule has 3 nitrogen and oxygen atoms in total. The summed E-state index contributed by atoms with van der Waals surface area (Å²) in [6, 6.07) is 20.9. The first-order valence-electron chi connectivity index (χ1n) is 10.1. The first-order valence-corrected chi connectivity index (χ1v) is 10.1. The Kier molecular flexibility index (Phi) is 5.68. The van der Waals surface area contributed by atoms with Crippen molar-refractivity contribution in [1.82, 2.24) is 15.1 Å². The van der Waals surface area contributed by atoms with Crippen LogP contribution in [-0.4, -0.2) is 49.6 Å². The maximum atomic E-state index is 4.03. The molecule has 2 atom stereocenters. The first kappa shape index (κ1) is 17.7. The average Bonchev–Trinajstić information content (AvgIpc) is 2.70. The molecule has 0 spiro atoms. The van der Waals surface area contributed by atoms with Gasteiger partial charge in [0.2, 0.25) is 0 Å². The molecule has 1 fully saturated rings. The van der Waals surface area contributed by atoms with E-state index < -0.39 is 0 Å². The highest BCUT2D eigenvalue weighted by molar-refractivity contribution is 5.32. The molecule has 1 aliphatic heterocycles. The highest BCUT2D eigenvalue weighted by Gasteiger charge is 2.25. The van der Waals surface area contributed by atoms with E-state index in [1.165, 1.54) is 62.1 Å². The summed E-state index contributed by atoms with van der Waals surface area (Å²) in [6.45, 7) is 5.78. The number of piperazine rings is 1. The van der Waals surface area contributed by atoms with Gasteiger partial charge in [-0.25, -0.2) is 0 Å². The number of hydrogen-bond acceptors (Lipinski definition) is 3. The molecule has 3 heteroatoms. The molecule has 0 bridgehead atoms. The lowest BCUT2D eigenvalue weighted by Gasteiger charge is -2.37. The van der Waals surface area contributed by atoms with Crippen LogP contribution in [0.2, 0.25) is 0 Å². The number of nitrogens with one attached hydrogen (secondary N) is 1. The van der Waals surface area contributed by atoms with Crippen molar-refractivity contribution >= 4 is 0 Å². The van der Waals surface area contributed by atoms with E-state index in [1.54, 1.807) is 0 Å². The molecule has 0 amide bonds. The molecule has 1 heterocycles. The van der Waals surface area contributed by atoms with Gasteiger partial charge in [-0.15, -0.1) is 0 Å². The summed E-state index contributed by atoms with van der Waals surface area (Å²) in [6.07, 6.45) is 3.75. The molecule has 1 saturated heterocycles. The molecule has 0 saturated carbocycles. The fourth-order valence-corrected chi connectivity index (χ4v) is 4.40. The quantitative estimate of drug-likeness (QED) is 0.889. The molecule has 0 unspecified atom stereocenters. The van der Waals surface area contributed by atoms with Gasteiger partial charge in [0.15, 0.2) is 0 Å². The van der Waals surface area contributed by atoms with E-state index >= 15 is 0 Å². The van der Waals surface area contributed by atoms with E-state index in [4.69, 9.17) is 0 Å². The molecular weight excluding hydrogens is 318 g/mol. The lowest BCUT2D eigenvalue weighted by molar-refractivity contribution is 0.139. The van der Waals surface area contributed by atoms with Crippen LogP contribution >= 0.6 is 0 Å². The first-order chi connectivity index (χ1) is 12.8. The van der Waals surface area contributed by atoms with E-state index in [0.717, 1.165) is 6.54 Å². The van der Waals surface area contributed by atoms with Gasteiger partial charge in [0, 0.05) is 44.8 Å². The Labute approximate surface area is 158 Å². The minimum Gasteiger partial charge on any atom is -0.304 e. The Morgan fingerprint density at radius 2 is 1.69 bits per heavy atom. The van der Waals surface area contributed by atoms with Crippen LogP contribution in [0, 0.1) is 0 Å². The summed E-state index contributed by atoms with van der Waals surface area (Å²) in [4.78, 5) is 5.05. The molecule has 0 radical (unpaired) electrons. The van der Waals surface area contributed by atoms with E-state index in [1.807, 2.05) is 0 Å². The van der Waals surface area contributed by atoms with Gasteiger partial charge in [-0.2, -0.15) is 0 Å². The number of rotatable bonds is 5. The van der Waals surface area contributed by atoms with Crippen molar-refractivity contribution in [2.24, 2.45) is 0 Å². The zero-order chi connectivity index (χ0) is 17.8. The minimum atomic E-state index is 0.385. The van der Waals surface area contributed by atoms with Crippen LogP contribution in [-0.2, 0) is 6.42 Å². The largest absolute Gasteiger partial charge is 0.304 e. The van der Waals surface area contributed by atoms with Crippen LogP contribution in [0.4, 0.5) is 0 Å². The van der Waals surface area contributed by atoms with Gasteiger partial charge in [-0.05, 0) is 43.0 Å². The molecule has 1 aliphatic carbocycles. The van der Waals surface area contributed by atoms with Gasteiger partial charge in [0.05, 0.1) is 0 Å². The van der Waals surface area contributed by atoms with Gasteiger partial charge in [-0.1, -0.05) is 54.6 Å². The molecule has 4 rings (SSSR count). The monoisotopic (exact) mass is 349 g/mol. The van der Waals surface area contributed by atoms with E-state index in [9.17, 15) is 0 Å². The van der Waals surface area contributed by atoms with Crippen LogP contribution in [0.3, 0.4) is 0 Å². The predicted octanol–water partition coefficient (Wildman–Crippen LogP) is 3.64. The van der Waals surface area contributed by atoms with Gasteiger partial charge < -0.3 is 10.2 Å². The van der Waals surface area contributed by atoms with Crippen molar-refractivity contribution in [1.29, 1.82) is 0 Å². The van der Waals surface area contributed by atoms with Gasteiger partial charge in [-0.3, -0.25) is 4.90 Å². The van der Waals surface area contributed by atoms with Crippen molar-refractivity contribution in [3.63, 3.8) is 0 Å². The third-order valence-electron chi connectivity index (χ3n) is 6.01. The fraction of sp³-hybridized carbons (Fsp3) is 0.478. The number of benzene rings is 2. The number of hydrogen-bond donors (Lipinski definition) is 1. The lowest BCUT2D eigenvalue weighted by atomic mass is 9.87. The van der Waals surface area contributed by atoms with Gasteiger partial charge in [0.25, 0.3) is 0 Å². The highest BCUT2D eigenvalue weighted by Crippen LogP contribution is 2.32. The molecular formula is C23H31N3. The van der Waals surface area contributed by atoms with Crippen LogP contribution in [0.25, 0.3) is 0 Å². The maximum absolute atomic E-state index is 4.03. The Hall–Kier alpha value is -1.68. The molecule has 26 heavy (non-hydrogen) atoms. The van der Waals surface area contributed by atoms with E-state index in [0.29, 0.717) is 12.1 Å². The second-order valence-corrected chi connectivity index (χ2v) is 7.88. The molecule has 2 aromatic carbocycles. The van der Waals surface area contributed by atoms with Gasteiger partial charge >= 0.3 is 0 Å². The van der Waals surface area contributed by atoms with Crippen molar-refractivity contribution in [2.45, 2.75) is 31.3 Å². The zero-order valence-corrected chi connectivity index (χ0v) is 15.9. The number of nitrogens with zero attached hydrogens (tertiary/aromatic N) is 2. The fourth-order valence-electron chi connectivity index (χ4n) is 4.40. The molecule has 138 valence electrons. The topological polar surface area (TPSA) is 18.5 Å². The van der Waals surface area contributed by atoms with E-state index in [2.05, 4.69) is 76.8 Å². The van der Waals surface area contributed by atoms with Crippen LogP contribution in [0.5, 0.6) is 0 Å². The third kappa shape index (κ3) is 4.17. The number of likely N-dealkylation sites (N-methyl/N-ethyl adjacent to an activating group) is 1. The second kappa shape index (κ2) is 8.34. The summed E-state index contributed by atoms with van der Waals surface area (Å²) in [7, 11) is 2.23. The second-order valence-electron chi connectivity index (χ2n) is 7.88. The van der Waals surface area contributed by atoms with Crippen molar-refractivity contribution in [3.05, 3.63) is 71.3 Å². The van der Waals surface area contributed by atoms with E-state index in [-0.39, 0.29) is 0 Å². The lowest BCUT2D eigenvalue weighted by Crippen LogP contribution is -2.47. The zero-order valence-electron chi connectivity index (χ0n) is 15.9. The van der Waals surface area contributed by atoms with Crippen LogP contribution in [0.1, 0.15) is 41.6 Å². The normalized spacial score (nSPS) is 22.7. The van der Waals surface area contributed by atoms with Crippen LogP contribution < -0.4 is 5.32 Å². The van der Waals surface area contributed by atoms with Crippen molar-refractivity contribution in [3.8, 4) is 0 Å². The molecule has 0 aromatic heterocycles. The Balaban J connectivity index is 1.52. The smallest absolute Gasteiger partial charge is 0.0454 e. The number of aryl methyl sites for hydroxylation is 1. The number of fused-ring (bicyclic) bond motifs is 1. The van der Waals surface area contributed by atoms with Gasteiger partial charge in [0.1, 0.15) is 0 Å². The summed E-state index contributed by atoms with van der Waals surface area (Å²) in [5, 5.41) is 4.03.